The van der Waals surface area contributed by atoms with Gasteiger partial charge in [-0.15, -0.1) is 0 Å². The third-order valence-electron chi connectivity index (χ3n) is 11.8. The van der Waals surface area contributed by atoms with E-state index in [-0.39, 0.29) is 5.91 Å². The fourth-order valence-corrected chi connectivity index (χ4v) is 9.88. The van der Waals surface area contributed by atoms with Gasteiger partial charge in [0.2, 0.25) is 5.91 Å². The largest absolute Gasteiger partial charge is 0.356 e. The Kier molecular flexibility index (Phi) is 8.74. The minimum atomic E-state index is 0.284. The molecule has 0 aromatic heterocycles. The van der Waals surface area contributed by atoms with Crippen LogP contribution in [-0.2, 0) is 4.79 Å². The van der Waals surface area contributed by atoms with Gasteiger partial charge in [0.1, 0.15) is 0 Å². The molecular formula is C31H56N2O. The van der Waals surface area contributed by atoms with Crippen LogP contribution in [-0.4, -0.2) is 38.0 Å². The van der Waals surface area contributed by atoms with Crippen LogP contribution in [0.2, 0.25) is 0 Å². The lowest BCUT2D eigenvalue weighted by Gasteiger charge is -2.61. The predicted octanol–water partition coefficient (Wildman–Crippen LogP) is 7.30. The van der Waals surface area contributed by atoms with E-state index in [0.29, 0.717) is 16.7 Å². The summed E-state index contributed by atoms with van der Waals surface area (Å²) in [5.74, 6) is 5.76. The molecule has 4 fully saturated rings. The number of rotatable bonds is 10. The Morgan fingerprint density at radius 3 is 2.50 bits per heavy atom. The van der Waals surface area contributed by atoms with Gasteiger partial charge in [-0.1, -0.05) is 40.0 Å². The van der Waals surface area contributed by atoms with Gasteiger partial charge >= 0.3 is 0 Å². The van der Waals surface area contributed by atoms with E-state index in [1.54, 1.807) is 0 Å². The van der Waals surface area contributed by atoms with Crippen LogP contribution in [0, 0.1) is 46.3 Å². The summed E-state index contributed by atoms with van der Waals surface area (Å²) in [6.45, 7) is 9.84. The zero-order chi connectivity index (χ0) is 24.3. The summed E-state index contributed by atoms with van der Waals surface area (Å²) < 4.78 is 0. The summed E-state index contributed by atoms with van der Waals surface area (Å²) in [5.41, 5.74) is 1.18. The summed E-state index contributed by atoms with van der Waals surface area (Å²) in [6.07, 6.45) is 20.2. The van der Waals surface area contributed by atoms with Gasteiger partial charge in [-0.25, -0.2) is 0 Å². The van der Waals surface area contributed by atoms with E-state index in [0.717, 1.165) is 61.9 Å². The van der Waals surface area contributed by atoms with E-state index in [9.17, 15) is 4.79 Å². The molecule has 196 valence electrons. The number of nitrogens with zero attached hydrogens (tertiary/aromatic N) is 1. The summed E-state index contributed by atoms with van der Waals surface area (Å²) in [4.78, 5) is 14.7. The van der Waals surface area contributed by atoms with E-state index in [1.165, 1.54) is 77.0 Å². The molecule has 0 aliphatic heterocycles. The van der Waals surface area contributed by atoms with Crippen molar-refractivity contribution in [1.82, 2.24) is 10.2 Å². The summed E-state index contributed by atoms with van der Waals surface area (Å²) in [5, 5.41) is 3.20. The normalized spacial score (nSPS) is 40.4. The van der Waals surface area contributed by atoms with Gasteiger partial charge in [0, 0.05) is 13.0 Å². The van der Waals surface area contributed by atoms with Gasteiger partial charge in [0.05, 0.1) is 0 Å². The molecule has 0 bridgehead atoms. The highest BCUT2D eigenvalue weighted by Gasteiger charge is 2.60. The van der Waals surface area contributed by atoms with E-state index in [2.05, 4.69) is 45.1 Å². The lowest BCUT2D eigenvalue weighted by molar-refractivity contribution is -0.122. The lowest BCUT2D eigenvalue weighted by Crippen LogP contribution is -2.53. The molecule has 0 saturated heterocycles. The Labute approximate surface area is 211 Å². The standard InChI is InChI=1S/C31H56N2O/c1-23(12-17-29(34)32-21-9-6-10-22-33(4)5)26-15-16-27-25-14-13-24-11-7-8-19-30(24,2)28(25)18-20-31(26,27)3/h23-28H,6-22H2,1-5H3,(H,32,34)/t23-,24?,25+,26-,27+,28+,30+,31-/m1/s1. The minimum Gasteiger partial charge on any atom is -0.356 e. The smallest absolute Gasteiger partial charge is 0.220 e. The average Bonchev–Trinajstić information content (AvgIpc) is 3.16. The first-order valence-electron chi connectivity index (χ1n) is 15.2. The number of nitrogens with one attached hydrogen (secondary N) is 1. The van der Waals surface area contributed by atoms with Crippen molar-refractivity contribution in [2.75, 3.05) is 27.2 Å². The number of carbonyl (C=O) groups excluding carboxylic acids is 1. The predicted molar refractivity (Wildman–Crippen MR) is 144 cm³/mol. The Balaban J connectivity index is 1.25. The molecule has 3 nitrogen and oxygen atoms in total. The van der Waals surface area contributed by atoms with Gasteiger partial charge in [-0.05, 0) is 138 Å². The van der Waals surface area contributed by atoms with Gasteiger partial charge in [0.15, 0.2) is 0 Å². The second-order valence-corrected chi connectivity index (χ2v) is 13.9. The van der Waals surface area contributed by atoms with Gasteiger partial charge in [-0.2, -0.15) is 0 Å². The van der Waals surface area contributed by atoms with Crippen LogP contribution >= 0.6 is 0 Å². The second kappa shape index (κ2) is 11.2. The summed E-state index contributed by atoms with van der Waals surface area (Å²) in [6, 6.07) is 0. The zero-order valence-electron chi connectivity index (χ0n) is 23.3. The fourth-order valence-electron chi connectivity index (χ4n) is 9.88. The first-order valence-corrected chi connectivity index (χ1v) is 15.2. The average molecular weight is 473 g/mol. The molecule has 4 aliphatic carbocycles. The van der Waals surface area contributed by atoms with Crippen molar-refractivity contribution in [2.24, 2.45) is 46.3 Å². The van der Waals surface area contributed by atoms with Crippen LogP contribution in [0.5, 0.6) is 0 Å². The monoisotopic (exact) mass is 472 g/mol. The highest BCUT2D eigenvalue weighted by Crippen LogP contribution is 2.68. The maximum Gasteiger partial charge on any atom is 0.220 e. The molecule has 0 radical (unpaired) electrons. The second-order valence-electron chi connectivity index (χ2n) is 13.9. The van der Waals surface area contributed by atoms with E-state index >= 15 is 0 Å². The van der Waals surface area contributed by atoms with Crippen molar-refractivity contribution < 1.29 is 4.79 Å². The number of unbranched alkanes of at least 4 members (excludes halogenated alkanes) is 2. The number of hydrogen-bond acceptors (Lipinski definition) is 2. The summed E-state index contributed by atoms with van der Waals surface area (Å²) >= 11 is 0. The Morgan fingerprint density at radius 2 is 1.71 bits per heavy atom. The van der Waals surface area contributed by atoms with E-state index in [4.69, 9.17) is 0 Å². The number of carbonyl (C=O) groups is 1. The minimum absolute atomic E-state index is 0.284. The van der Waals surface area contributed by atoms with Crippen molar-refractivity contribution >= 4 is 5.91 Å². The molecule has 1 unspecified atom stereocenters. The molecule has 0 spiro atoms. The van der Waals surface area contributed by atoms with Crippen LogP contribution in [0.1, 0.15) is 117 Å². The van der Waals surface area contributed by atoms with Crippen LogP contribution in [0.25, 0.3) is 0 Å². The van der Waals surface area contributed by atoms with E-state index in [1.807, 2.05) is 0 Å². The summed E-state index contributed by atoms with van der Waals surface area (Å²) in [7, 11) is 4.26. The van der Waals surface area contributed by atoms with Crippen molar-refractivity contribution in [1.29, 1.82) is 0 Å². The Bertz CT molecular complexity index is 676. The quantitative estimate of drug-likeness (QED) is 0.338. The Morgan fingerprint density at radius 1 is 0.912 bits per heavy atom. The van der Waals surface area contributed by atoms with Gasteiger partial charge in [0.25, 0.3) is 0 Å². The van der Waals surface area contributed by atoms with Gasteiger partial charge in [-0.3, -0.25) is 4.79 Å². The number of fused-ring (bicyclic) bond motifs is 5. The van der Waals surface area contributed by atoms with Crippen molar-refractivity contribution in [3.05, 3.63) is 0 Å². The maximum absolute atomic E-state index is 12.5. The molecule has 4 saturated carbocycles. The number of hydrogen-bond donors (Lipinski definition) is 1. The molecule has 34 heavy (non-hydrogen) atoms. The molecular weight excluding hydrogens is 416 g/mol. The lowest BCUT2D eigenvalue weighted by atomic mass is 9.44. The SMILES string of the molecule is C[C@H](CCC(=O)NCCCCCN(C)C)[C@H]1CC[C@H]2[C@@H]3CCC4CCCC[C@]4(C)[C@H]3CC[C@]12C. The highest BCUT2D eigenvalue weighted by molar-refractivity contribution is 5.75. The fraction of sp³-hybridized carbons (Fsp3) is 0.968. The van der Waals surface area contributed by atoms with Crippen LogP contribution < -0.4 is 5.32 Å². The van der Waals surface area contributed by atoms with Crippen molar-refractivity contribution in [2.45, 2.75) is 117 Å². The van der Waals surface area contributed by atoms with Crippen LogP contribution in [0.15, 0.2) is 0 Å². The third kappa shape index (κ3) is 5.40. The molecule has 0 aromatic carbocycles. The molecule has 0 aromatic rings. The molecule has 1 N–H and O–H groups in total. The van der Waals surface area contributed by atoms with E-state index < -0.39 is 0 Å². The van der Waals surface area contributed by atoms with Gasteiger partial charge < -0.3 is 10.2 Å². The topological polar surface area (TPSA) is 32.3 Å². The molecule has 1 amide bonds. The number of amides is 1. The molecule has 4 aliphatic rings. The zero-order valence-corrected chi connectivity index (χ0v) is 23.3. The van der Waals surface area contributed by atoms with Crippen LogP contribution in [0.3, 0.4) is 0 Å². The molecule has 4 rings (SSSR count). The first kappa shape index (κ1) is 26.5. The molecule has 3 heteroatoms. The molecule has 0 heterocycles. The third-order valence-corrected chi connectivity index (χ3v) is 11.8. The Hall–Kier alpha value is -0.570. The van der Waals surface area contributed by atoms with Crippen molar-refractivity contribution in [3.63, 3.8) is 0 Å². The molecule has 8 atom stereocenters. The first-order chi connectivity index (χ1) is 16.3. The van der Waals surface area contributed by atoms with Crippen LogP contribution in [0.4, 0.5) is 0 Å². The maximum atomic E-state index is 12.5. The van der Waals surface area contributed by atoms with Crippen molar-refractivity contribution in [3.8, 4) is 0 Å². The highest BCUT2D eigenvalue weighted by atomic mass is 16.1.